The number of hydrogen-bond acceptors (Lipinski definition) is 8. The van der Waals surface area contributed by atoms with E-state index >= 15 is 0 Å². The number of ether oxygens (including phenoxy) is 1. The Bertz CT molecular complexity index is 1910. The van der Waals surface area contributed by atoms with E-state index in [1.807, 2.05) is 4.90 Å². The van der Waals surface area contributed by atoms with E-state index in [9.17, 15) is 18.7 Å². The number of nitrogens with zero attached hydrogens (tertiary/aromatic N) is 4. The average molecular weight is 587 g/mol. The summed E-state index contributed by atoms with van der Waals surface area (Å²) >= 11 is 0. The maximum atomic E-state index is 14.8. The van der Waals surface area contributed by atoms with Crippen LogP contribution in [0.3, 0.4) is 0 Å². The summed E-state index contributed by atoms with van der Waals surface area (Å²) in [5.41, 5.74) is 0.0260. The van der Waals surface area contributed by atoms with Gasteiger partial charge in [-0.2, -0.15) is 9.97 Å². The molecule has 222 valence electrons. The number of alkyl halides is 1. The number of aryl methyl sites for hydroxylation is 1. The van der Waals surface area contributed by atoms with Gasteiger partial charge in [0.1, 0.15) is 35.5 Å². The molecule has 3 saturated heterocycles. The molecule has 4 aromatic rings. The first-order chi connectivity index (χ1) is 20.5. The van der Waals surface area contributed by atoms with Gasteiger partial charge in [-0.25, -0.2) is 13.6 Å². The Hall–Kier alpha value is -4.23. The number of fused-ring (bicyclic) bond motifs is 3. The number of benzene rings is 2. The lowest BCUT2D eigenvalue weighted by molar-refractivity contribution is 0.107. The van der Waals surface area contributed by atoms with Gasteiger partial charge in [-0.15, -0.1) is 6.42 Å². The number of terminal acetylenes is 1. The maximum Gasteiger partial charge on any atom is 0.349 e. The Labute approximate surface area is 247 Å². The second kappa shape index (κ2) is 9.64. The second-order valence-electron chi connectivity index (χ2n) is 12.9. The summed E-state index contributed by atoms with van der Waals surface area (Å²) in [6, 6.07) is 5.72. The summed E-state index contributed by atoms with van der Waals surface area (Å²) in [5.74, 6) is 2.21. The Morgan fingerprint density at radius 2 is 2.02 bits per heavy atom. The molecule has 0 saturated carbocycles. The van der Waals surface area contributed by atoms with E-state index in [4.69, 9.17) is 25.5 Å². The minimum absolute atomic E-state index is 0.00652. The third kappa shape index (κ3) is 4.40. The molecular weight excluding hydrogens is 554 g/mol. The molecule has 8 nitrogen and oxygen atoms in total. The lowest BCUT2D eigenvalue weighted by atomic mass is 9.84. The highest BCUT2D eigenvalue weighted by atomic mass is 19.1. The van der Waals surface area contributed by atoms with E-state index < -0.39 is 23.2 Å². The van der Waals surface area contributed by atoms with Crippen LogP contribution in [-0.2, 0) is 0 Å². The summed E-state index contributed by atoms with van der Waals surface area (Å²) in [5, 5.41) is 11.6. The van der Waals surface area contributed by atoms with Crippen molar-refractivity contribution in [3.8, 4) is 35.4 Å². The zero-order chi connectivity index (χ0) is 30.3. The van der Waals surface area contributed by atoms with Crippen LogP contribution in [-0.4, -0.2) is 64.5 Å². The maximum absolute atomic E-state index is 14.8. The van der Waals surface area contributed by atoms with Crippen LogP contribution in [0.4, 0.5) is 14.6 Å². The fraction of sp³-hybridized carbons (Fsp3) is 0.424. The van der Waals surface area contributed by atoms with Crippen LogP contribution >= 0.6 is 0 Å². The first-order valence-corrected chi connectivity index (χ1v) is 14.5. The van der Waals surface area contributed by atoms with Crippen molar-refractivity contribution in [2.75, 3.05) is 37.7 Å². The summed E-state index contributed by atoms with van der Waals surface area (Å²) in [6.07, 6.45) is 7.01. The molecule has 3 fully saturated rings. The Balaban J connectivity index is 1.41. The highest BCUT2D eigenvalue weighted by molar-refractivity contribution is 6.03. The van der Waals surface area contributed by atoms with Crippen LogP contribution in [0.15, 0.2) is 33.5 Å². The predicted molar refractivity (Wildman–Crippen MR) is 160 cm³/mol. The van der Waals surface area contributed by atoms with Crippen molar-refractivity contribution in [2.45, 2.75) is 51.7 Å². The number of phenols is 1. The van der Waals surface area contributed by atoms with E-state index in [2.05, 4.69) is 24.7 Å². The zero-order valence-corrected chi connectivity index (χ0v) is 24.3. The number of anilines is 1. The number of halogens is 2. The quantitative estimate of drug-likeness (QED) is 0.314. The molecule has 43 heavy (non-hydrogen) atoms. The minimum atomic E-state index is -0.899. The number of rotatable bonds is 5. The van der Waals surface area contributed by atoms with Crippen molar-refractivity contribution < 1.29 is 23.0 Å². The van der Waals surface area contributed by atoms with Crippen molar-refractivity contribution >= 4 is 27.5 Å². The van der Waals surface area contributed by atoms with Gasteiger partial charge >= 0.3 is 11.6 Å². The van der Waals surface area contributed by atoms with Crippen LogP contribution in [0.25, 0.3) is 33.0 Å². The first kappa shape index (κ1) is 27.6. The summed E-state index contributed by atoms with van der Waals surface area (Å²) in [7, 11) is 0. The van der Waals surface area contributed by atoms with Gasteiger partial charge in [0.05, 0.1) is 16.6 Å². The Morgan fingerprint density at radius 1 is 1.23 bits per heavy atom. The van der Waals surface area contributed by atoms with E-state index in [1.165, 1.54) is 24.3 Å². The lowest BCUT2D eigenvalue weighted by Gasteiger charge is -2.46. The van der Waals surface area contributed by atoms with Crippen LogP contribution in [0, 0.1) is 30.5 Å². The second-order valence-corrected chi connectivity index (χ2v) is 12.9. The molecule has 0 spiro atoms. The van der Waals surface area contributed by atoms with Gasteiger partial charge in [0.15, 0.2) is 5.82 Å². The van der Waals surface area contributed by atoms with Crippen molar-refractivity contribution in [1.29, 1.82) is 0 Å². The normalized spacial score (nSPS) is 23.0. The molecule has 0 aliphatic carbocycles. The molecule has 3 aliphatic rings. The molecule has 0 radical (unpaired) electrons. The highest BCUT2D eigenvalue weighted by Crippen LogP contribution is 2.43. The van der Waals surface area contributed by atoms with Gasteiger partial charge in [0, 0.05) is 42.6 Å². The monoisotopic (exact) mass is 586 g/mol. The van der Waals surface area contributed by atoms with Gasteiger partial charge < -0.3 is 19.2 Å². The number of hydrogen-bond donors (Lipinski definition) is 1. The predicted octanol–water partition coefficient (Wildman–Crippen LogP) is 5.34. The smallest absolute Gasteiger partial charge is 0.349 e. The Kier molecular flexibility index (Phi) is 6.19. The molecule has 2 aromatic carbocycles. The Morgan fingerprint density at radius 3 is 2.77 bits per heavy atom. The molecular formula is C33H32F2N4O4. The first-order valence-electron chi connectivity index (χ1n) is 14.5. The van der Waals surface area contributed by atoms with E-state index in [1.54, 1.807) is 6.92 Å². The third-order valence-electron chi connectivity index (χ3n) is 9.17. The molecule has 10 heteroatoms. The van der Waals surface area contributed by atoms with E-state index in [0.717, 1.165) is 19.4 Å². The van der Waals surface area contributed by atoms with E-state index in [0.29, 0.717) is 53.7 Å². The van der Waals surface area contributed by atoms with Crippen LogP contribution < -0.4 is 15.3 Å². The van der Waals surface area contributed by atoms with Gasteiger partial charge in [0.2, 0.25) is 0 Å². The van der Waals surface area contributed by atoms with Crippen molar-refractivity contribution in [3.05, 3.63) is 51.6 Å². The van der Waals surface area contributed by atoms with Gasteiger partial charge in [-0.3, -0.25) is 4.90 Å². The van der Waals surface area contributed by atoms with Crippen LogP contribution in [0.2, 0.25) is 0 Å². The van der Waals surface area contributed by atoms with Crippen molar-refractivity contribution in [2.24, 2.45) is 5.41 Å². The summed E-state index contributed by atoms with van der Waals surface area (Å²) in [4.78, 5) is 27.3. The molecule has 2 aromatic heterocycles. The van der Waals surface area contributed by atoms with Crippen molar-refractivity contribution in [3.63, 3.8) is 0 Å². The number of phenolic OH excluding ortho intramolecular Hbond substituents is 1. The van der Waals surface area contributed by atoms with E-state index in [-0.39, 0.29) is 46.1 Å². The highest BCUT2D eigenvalue weighted by Gasteiger charge is 2.49. The molecule has 7 rings (SSSR count). The SMILES string of the molecule is C#Cc1c(F)ccc2cc(O)cc(-c3oc(=O)c4c(N5CC(C)(C)C5)nc(OC[C@@]56CCCN5C[C@H](F)C6)nc4c3C)c12. The van der Waals surface area contributed by atoms with Gasteiger partial charge in [0.25, 0.3) is 0 Å². The molecule has 3 aliphatic heterocycles. The average Bonchev–Trinajstić information content (AvgIpc) is 3.47. The lowest BCUT2D eigenvalue weighted by Crippen LogP contribution is -2.53. The largest absolute Gasteiger partial charge is 0.508 e. The molecule has 0 amide bonds. The van der Waals surface area contributed by atoms with Gasteiger partial charge in [-0.1, -0.05) is 25.8 Å². The minimum Gasteiger partial charge on any atom is -0.508 e. The molecule has 1 N–H and O–H groups in total. The van der Waals surface area contributed by atoms with Crippen molar-refractivity contribution in [1.82, 2.24) is 14.9 Å². The van der Waals surface area contributed by atoms with Crippen LogP contribution in [0.1, 0.15) is 44.2 Å². The number of aromatic hydroxyl groups is 1. The fourth-order valence-corrected chi connectivity index (χ4v) is 7.30. The van der Waals surface area contributed by atoms with Gasteiger partial charge in [-0.05, 0) is 55.3 Å². The molecule has 0 unspecified atom stereocenters. The van der Waals surface area contributed by atoms with Crippen LogP contribution in [0.5, 0.6) is 11.8 Å². The summed E-state index contributed by atoms with van der Waals surface area (Å²) in [6.45, 7) is 8.81. The standard InChI is InChI=1S/C33H32F2N4O4/c1-5-22-24(35)8-7-19-11-21(40)12-23(25(19)22)28-18(2)27-26(30(41)43-28)29(38-15-32(3,4)16-38)37-31(36-27)42-17-33-9-6-10-39(33)14-20(34)13-33/h1,7-8,11-12,20,40H,6,9-10,13-17H2,2-4H3/t20-,33+/m1/s1. The molecule has 5 heterocycles. The summed E-state index contributed by atoms with van der Waals surface area (Å²) < 4.78 is 41.4. The fourth-order valence-electron chi connectivity index (χ4n) is 7.30. The molecule has 2 atom stereocenters. The number of aromatic nitrogens is 2. The zero-order valence-electron chi connectivity index (χ0n) is 24.3. The third-order valence-corrected chi connectivity index (χ3v) is 9.17. The topological polar surface area (TPSA) is 91.9 Å². The molecule has 0 bridgehead atoms.